The Morgan fingerprint density at radius 3 is 2.85 bits per heavy atom. The number of nitrogens with zero attached hydrogens (tertiary/aromatic N) is 1. The fourth-order valence-corrected chi connectivity index (χ4v) is 2.02. The lowest BCUT2D eigenvalue weighted by molar-refractivity contribution is 0.0915. The maximum atomic E-state index is 9.32. The van der Waals surface area contributed by atoms with Crippen LogP contribution in [0.2, 0.25) is 0 Å². The van der Waals surface area contributed by atoms with Gasteiger partial charge in [-0.2, -0.15) is 0 Å². The Morgan fingerprint density at radius 1 is 1.62 bits per heavy atom. The van der Waals surface area contributed by atoms with E-state index in [0.717, 1.165) is 26.2 Å². The van der Waals surface area contributed by atoms with Crippen molar-refractivity contribution in [1.29, 1.82) is 0 Å². The standard InChI is InChI=1S/C10H22N2O/c1-3-12(8-9(2)13)10-5-4-6-11-7-10/h9-11,13H,3-8H2,1-2H3/t9-,10?/m1/s1. The molecule has 0 bridgehead atoms. The molecule has 0 aromatic heterocycles. The summed E-state index contributed by atoms with van der Waals surface area (Å²) in [6.07, 6.45) is 2.33. The van der Waals surface area contributed by atoms with E-state index in [1.165, 1.54) is 12.8 Å². The number of piperidine rings is 1. The minimum Gasteiger partial charge on any atom is -0.392 e. The lowest BCUT2D eigenvalue weighted by Gasteiger charge is -2.34. The van der Waals surface area contributed by atoms with Gasteiger partial charge in [-0.3, -0.25) is 4.90 Å². The van der Waals surface area contributed by atoms with Gasteiger partial charge in [0.2, 0.25) is 0 Å². The van der Waals surface area contributed by atoms with Crippen LogP contribution in [0.3, 0.4) is 0 Å². The molecule has 0 radical (unpaired) electrons. The average molecular weight is 186 g/mol. The maximum absolute atomic E-state index is 9.32. The summed E-state index contributed by atoms with van der Waals surface area (Å²) in [6, 6.07) is 0.633. The van der Waals surface area contributed by atoms with Gasteiger partial charge in [0.1, 0.15) is 0 Å². The van der Waals surface area contributed by atoms with Crippen molar-refractivity contribution in [3.63, 3.8) is 0 Å². The molecule has 3 nitrogen and oxygen atoms in total. The third-order valence-corrected chi connectivity index (χ3v) is 2.69. The molecule has 2 atom stereocenters. The van der Waals surface area contributed by atoms with E-state index >= 15 is 0 Å². The third kappa shape index (κ3) is 3.63. The van der Waals surface area contributed by atoms with Crippen molar-refractivity contribution in [2.45, 2.75) is 38.8 Å². The number of aliphatic hydroxyl groups is 1. The SMILES string of the molecule is CCN(C[C@@H](C)O)C1CCCNC1. The first kappa shape index (κ1) is 11.0. The second-order valence-corrected chi connectivity index (χ2v) is 3.94. The van der Waals surface area contributed by atoms with Crippen molar-refractivity contribution in [3.05, 3.63) is 0 Å². The largest absolute Gasteiger partial charge is 0.392 e. The van der Waals surface area contributed by atoms with Gasteiger partial charge in [0, 0.05) is 19.1 Å². The molecule has 1 fully saturated rings. The second-order valence-electron chi connectivity index (χ2n) is 3.94. The van der Waals surface area contributed by atoms with Gasteiger partial charge in [-0.25, -0.2) is 0 Å². The van der Waals surface area contributed by atoms with Gasteiger partial charge in [0.05, 0.1) is 6.10 Å². The van der Waals surface area contributed by atoms with Crippen molar-refractivity contribution < 1.29 is 5.11 Å². The van der Waals surface area contributed by atoms with E-state index in [-0.39, 0.29) is 6.10 Å². The quantitative estimate of drug-likeness (QED) is 0.669. The first-order valence-corrected chi connectivity index (χ1v) is 5.37. The summed E-state index contributed by atoms with van der Waals surface area (Å²) in [5.41, 5.74) is 0. The third-order valence-electron chi connectivity index (χ3n) is 2.69. The zero-order chi connectivity index (χ0) is 9.68. The van der Waals surface area contributed by atoms with Crippen molar-refractivity contribution in [2.24, 2.45) is 0 Å². The van der Waals surface area contributed by atoms with E-state index in [9.17, 15) is 5.11 Å². The van der Waals surface area contributed by atoms with Crippen LogP contribution in [0, 0.1) is 0 Å². The van der Waals surface area contributed by atoms with E-state index in [1.807, 2.05) is 6.92 Å². The Balaban J connectivity index is 2.34. The number of likely N-dealkylation sites (N-methyl/N-ethyl adjacent to an activating group) is 1. The Bertz CT molecular complexity index is 133. The molecule has 1 heterocycles. The minimum atomic E-state index is -0.207. The van der Waals surface area contributed by atoms with Gasteiger partial charge in [-0.15, -0.1) is 0 Å². The highest BCUT2D eigenvalue weighted by molar-refractivity contribution is 4.78. The normalized spacial score (nSPS) is 26.3. The summed E-state index contributed by atoms with van der Waals surface area (Å²) in [5.74, 6) is 0. The van der Waals surface area contributed by atoms with Crippen molar-refractivity contribution >= 4 is 0 Å². The van der Waals surface area contributed by atoms with E-state index in [4.69, 9.17) is 0 Å². The molecule has 3 heteroatoms. The van der Waals surface area contributed by atoms with Crippen LogP contribution in [0.4, 0.5) is 0 Å². The first-order chi connectivity index (χ1) is 6.24. The van der Waals surface area contributed by atoms with Crippen LogP contribution in [0.5, 0.6) is 0 Å². The zero-order valence-electron chi connectivity index (χ0n) is 8.79. The molecule has 0 saturated carbocycles. The number of rotatable bonds is 4. The topological polar surface area (TPSA) is 35.5 Å². The molecular formula is C10H22N2O. The van der Waals surface area contributed by atoms with Crippen LogP contribution in [0.1, 0.15) is 26.7 Å². The molecule has 13 heavy (non-hydrogen) atoms. The van der Waals surface area contributed by atoms with Gasteiger partial charge in [-0.05, 0) is 32.9 Å². The van der Waals surface area contributed by atoms with Crippen LogP contribution >= 0.6 is 0 Å². The zero-order valence-corrected chi connectivity index (χ0v) is 8.79. The number of nitrogens with one attached hydrogen (secondary N) is 1. The summed E-state index contributed by atoms with van der Waals surface area (Å²) >= 11 is 0. The highest BCUT2D eigenvalue weighted by Crippen LogP contribution is 2.10. The average Bonchev–Trinajstić information content (AvgIpc) is 2.15. The molecule has 1 rings (SSSR count). The molecule has 1 aliphatic heterocycles. The van der Waals surface area contributed by atoms with Gasteiger partial charge < -0.3 is 10.4 Å². The van der Waals surface area contributed by atoms with Crippen LogP contribution < -0.4 is 5.32 Å². The van der Waals surface area contributed by atoms with Crippen LogP contribution in [-0.4, -0.2) is 48.3 Å². The van der Waals surface area contributed by atoms with Crippen molar-refractivity contribution in [2.75, 3.05) is 26.2 Å². The Kier molecular flexibility index (Phi) is 4.70. The van der Waals surface area contributed by atoms with E-state index < -0.39 is 0 Å². The molecule has 1 saturated heterocycles. The predicted octanol–water partition coefficient (Wildman–Crippen LogP) is 0.441. The number of hydrogen-bond acceptors (Lipinski definition) is 3. The summed E-state index contributed by atoms with van der Waals surface area (Å²) in [5, 5.41) is 12.7. The summed E-state index contributed by atoms with van der Waals surface area (Å²) in [7, 11) is 0. The fraction of sp³-hybridized carbons (Fsp3) is 1.00. The summed E-state index contributed by atoms with van der Waals surface area (Å²) in [6.45, 7) is 8.11. The first-order valence-electron chi connectivity index (χ1n) is 5.37. The summed E-state index contributed by atoms with van der Waals surface area (Å²) in [4.78, 5) is 2.37. The molecule has 1 unspecified atom stereocenters. The van der Waals surface area contributed by atoms with E-state index in [0.29, 0.717) is 6.04 Å². The van der Waals surface area contributed by atoms with Gasteiger partial charge in [0.25, 0.3) is 0 Å². The van der Waals surface area contributed by atoms with E-state index in [2.05, 4.69) is 17.1 Å². The van der Waals surface area contributed by atoms with Gasteiger partial charge in [-0.1, -0.05) is 6.92 Å². The van der Waals surface area contributed by atoms with Crippen molar-refractivity contribution in [3.8, 4) is 0 Å². The van der Waals surface area contributed by atoms with E-state index in [1.54, 1.807) is 0 Å². The van der Waals surface area contributed by atoms with Gasteiger partial charge in [0.15, 0.2) is 0 Å². The van der Waals surface area contributed by atoms with Crippen LogP contribution in [0.25, 0.3) is 0 Å². The Morgan fingerprint density at radius 2 is 2.38 bits per heavy atom. The monoisotopic (exact) mass is 186 g/mol. The lowest BCUT2D eigenvalue weighted by atomic mass is 10.1. The van der Waals surface area contributed by atoms with Gasteiger partial charge >= 0.3 is 0 Å². The molecule has 0 aliphatic carbocycles. The molecule has 0 spiro atoms. The molecule has 1 aliphatic rings. The molecular weight excluding hydrogens is 164 g/mol. The lowest BCUT2D eigenvalue weighted by Crippen LogP contribution is -2.48. The molecule has 0 amide bonds. The maximum Gasteiger partial charge on any atom is 0.0639 e. The van der Waals surface area contributed by atoms with Crippen LogP contribution in [0.15, 0.2) is 0 Å². The number of hydrogen-bond donors (Lipinski definition) is 2. The molecule has 78 valence electrons. The minimum absolute atomic E-state index is 0.207. The number of aliphatic hydroxyl groups excluding tert-OH is 1. The Labute approximate surface area is 81.1 Å². The highest BCUT2D eigenvalue weighted by atomic mass is 16.3. The second kappa shape index (κ2) is 5.58. The molecule has 0 aromatic rings. The van der Waals surface area contributed by atoms with Crippen molar-refractivity contribution in [1.82, 2.24) is 10.2 Å². The summed E-state index contributed by atoms with van der Waals surface area (Å²) < 4.78 is 0. The molecule has 0 aromatic carbocycles. The predicted molar refractivity (Wildman–Crippen MR) is 54.8 cm³/mol. The molecule has 2 N–H and O–H groups in total. The Hall–Kier alpha value is -0.120. The highest BCUT2D eigenvalue weighted by Gasteiger charge is 2.20. The fourth-order valence-electron chi connectivity index (χ4n) is 2.02. The smallest absolute Gasteiger partial charge is 0.0639 e. The van der Waals surface area contributed by atoms with Crippen LogP contribution in [-0.2, 0) is 0 Å².